The maximum atomic E-state index is 11.8. The second-order valence-corrected chi connectivity index (χ2v) is 7.23. The Morgan fingerprint density at radius 3 is 2.60 bits per heavy atom. The van der Waals surface area contributed by atoms with Gasteiger partial charge in [0, 0.05) is 0 Å². The second-order valence-electron chi connectivity index (χ2n) is 4.98. The van der Waals surface area contributed by atoms with E-state index in [0.29, 0.717) is 12.4 Å². The van der Waals surface area contributed by atoms with Crippen molar-refractivity contribution in [2.45, 2.75) is 4.34 Å². The zero-order chi connectivity index (χ0) is 17.5. The third kappa shape index (κ3) is 5.11. The van der Waals surface area contributed by atoms with E-state index in [9.17, 15) is 4.79 Å². The first-order valence-corrected chi connectivity index (χ1v) is 9.45. The number of ether oxygens (including phenoxy) is 3. The van der Waals surface area contributed by atoms with E-state index in [4.69, 9.17) is 14.2 Å². The molecule has 0 amide bonds. The molecule has 25 heavy (non-hydrogen) atoms. The number of benzene rings is 2. The largest absolute Gasteiger partial charge is 0.497 e. The highest BCUT2D eigenvalue weighted by Gasteiger charge is 2.08. The number of methoxy groups -OCH3 is 1. The average molecular weight is 375 g/mol. The van der Waals surface area contributed by atoms with Gasteiger partial charge in [-0.1, -0.05) is 23.9 Å². The van der Waals surface area contributed by atoms with Crippen molar-refractivity contribution in [1.82, 2.24) is 4.98 Å². The molecule has 0 aliphatic rings. The number of rotatable bonds is 8. The smallest absolute Gasteiger partial charge is 0.316 e. The highest BCUT2D eigenvalue weighted by atomic mass is 32.2. The van der Waals surface area contributed by atoms with Crippen LogP contribution in [0.15, 0.2) is 52.9 Å². The fraction of sp³-hybridized carbons (Fsp3) is 0.222. The first-order chi connectivity index (χ1) is 12.2. The van der Waals surface area contributed by atoms with Crippen LogP contribution in [0.4, 0.5) is 0 Å². The van der Waals surface area contributed by atoms with E-state index in [1.807, 2.05) is 48.5 Å². The van der Waals surface area contributed by atoms with Gasteiger partial charge in [0.15, 0.2) is 4.34 Å². The summed E-state index contributed by atoms with van der Waals surface area (Å²) in [4.78, 5) is 16.3. The van der Waals surface area contributed by atoms with Gasteiger partial charge in [-0.15, -0.1) is 11.3 Å². The molecule has 0 saturated carbocycles. The van der Waals surface area contributed by atoms with Gasteiger partial charge in [-0.05, 0) is 36.4 Å². The molecular formula is C18H17NO4S2. The van der Waals surface area contributed by atoms with Gasteiger partial charge in [0.25, 0.3) is 0 Å². The molecule has 2 aromatic carbocycles. The van der Waals surface area contributed by atoms with Crippen molar-refractivity contribution in [2.75, 3.05) is 26.1 Å². The Kier molecular flexibility index (Phi) is 6.14. The molecule has 0 fully saturated rings. The molecule has 0 spiro atoms. The third-order valence-electron chi connectivity index (χ3n) is 3.26. The van der Waals surface area contributed by atoms with E-state index in [1.165, 1.54) is 11.8 Å². The third-order valence-corrected chi connectivity index (χ3v) is 5.42. The van der Waals surface area contributed by atoms with E-state index < -0.39 is 0 Å². The van der Waals surface area contributed by atoms with Crippen LogP contribution in [-0.2, 0) is 9.53 Å². The summed E-state index contributed by atoms with van der Waals surface area (Å²) in [5.41, 5.74) is 0.955. The summed E-state index contributed by atoms with van der Waals surface area (Å²) in [5, 5.41) is 0. The number of hydrogen-bond donors (Lipinski definition) is 0. The van der Waals surface area contributed by atoms with Gasteiger partial charge in [0.1, 0.15) is 24.7 Å². The zero-order valence-corrected chi connectivity index (χ0v) is 15.3. The van der Waals surface area contributed by atoms with Gasteiger partial charge in [0.05, 0.1) is 23.1 Å². The highest BCUT2D eigenvalue weighted by Crippen LogP contribution is 2.29. The molecule has 0 saturated heterocycles. The number of hydrogen-bond acceptors (Lipinski definition) is 7. The van der Waals surface area contributed by atoms with E-state index in [-0.39, 0.29) is 18.3 Å². The van der Waals surface area contributed by atoms with E-state index >= 15 is 0 Å². The van der Waals surface area contributed by atoms with Crippen LogP contribution < -0.4 is 9.47 Å². The molecule has 3 rings (SSSR count). The van der Waals surface area contributed by atoms with E-state index in [2.05, 4.69) is 4.98 Å². The number of aromatic nitrogens is 1. The highest BCUT2D eigenvalue weighted by molar-refractivity contribution is 8.01. The summed E-state index contributed by atoms with van der Waals surface area (Å²) >= 11 is 2.97. The Hall–Kier alpha value is -2.25. The predicted octanol–water partition coefficient (Wildman–Crippen LogP) is 4.02. The number of carbonyl (C=O) groups is 1. The minimum atomic E-state index is -0.275. The van der Waals surface area contributed by atoms with Gasteiger partial charge < -0.3 is 14.2 Å². The maximum Gasteiger partial charge on any atom is 0.316 e. The average Bonchev–Trinajstić information content (AvgIpc) is 3.07. The Bertz CT molecular complexity index is 799. The summed E-state index contributed by atoms with van der Waals surface area (Å²) < 4.78 is 17.7. The van der Waals surface area contributed by atoms with Crippen molar-refractivity contribution in [3.8, 4) is 11.5 Å². The minimum absolute atomic E-state index is 0.214. The molecule has 130 valence electrons. The molecule has 0 aliphatic carbocycles. The molecular weight excluding hydrogens is 358 g/mol. The van der Waals surface area contributed by atoms with Gasteiger partial charge >= 0.3 is 5.97 Å². The number of para-hydroxylation sites is 1. The lowest BCUT2D eigenvalue weighted by atomic mass is 10.3. The molecule has 0 unspecified atom stereocenters. The fourth-order valence-electron chi connectivity index (χ4n) is 2.06. The Balaban J connectivity index is 1.36. The summed E-state index contributed by atoms with van der Waals surface area (Å²) in [6.45, 7) is 0.523. The number of thiazole rings is 1. The van der Waals surface area contributed by atoms with E-state index in [1.54, 1.807) is 18.4 Å². The molecule has 5 nitrogen and oxygen atoms in total. The van der Waals surface area contributed by atoms with Crippen molar-refractivity contribution in [3.63, 3.8) is 0 Å². The molecule has 1 aromatic heterocycles. The lowest BCUT2D eigenvalue weighted by Crippen LogP contribution is -2.13. The molecule has 1 heterocycles. The SMILES string of the molecule is COc1ccc(OCCOC(=O)CSc2nc3ccccc3s2)cc1. The maximum absolute atomic E-state index is 11.8. The molecule has 0 radical (unpaired) electrons. The van der Waals surface area contributed by atoms with Crippen molar-refractivity contribution in [1.29, 1.82) is 0 Å². The summed E-state index contributed by atoms with van der Waals surface area (Å²) in [7, 11) is 1.61. The number of esters is 1. The molecule has 0 aliphatic heterocycles. The first kappa shape index (κ1) is 17.6. The van der Waals surface area contributed by atoms with Gasteiger partial charge in [0.2, 0.25) is 0 Å². The van der Waals surface area contributed by atoms with Gasteiger partial charge in [-0.25, -0.2) is 4.98 Å². The minimum Gasteiger partial charge on any atom is -0.497 e. The van der Waals surface area contributed by atoms with Crippen molar-refractivity contribution in [3.05, 3.63) is 48.5 Å². The summed E-state index contributed by atoms with van der Waals surface area (Å²) in [5.74, 6) is 1.44. The quantitative estimate of drug-likeness (QED) is 0.337. The topological polar surface area (TPSA) is 57.7 Å². The van der Waals surface area contributed by atoms with Crippen LogP contribution in [0.2, 0.25) is 0 Å². The summed E-state index contributed by atoms with van der Waals surface area (Å²) in [6.07, 6.45) is 0. The van der Waals surface area contributed by atoms with Crippen LogP contribution in [0.25, 0.3) is 10.2 Å². The molecule has 0 bridgehead atoms. The lowest BCUT2D eigenvalue weighted by Gasteiger charge is -2.07. The van der Waals surface area contributed by atoms with Crippen LogP contribution >= 0.6 is 23.1 Å². The number of carbonyl (C=O) groups excluding carboxylic acids is 1. The second kappa shape index (κ2) is 8.73. The van der Waals surface area contributed by atoms with Crippen LogP contribution in [-0.4, -0.2) is 37.0 Å². The van der Waals surface area contributed by atoms with Gasteiger partial charge in [-0.3, -0.25) is 4.79 Å². The van der Waals surface area contributed by atoms with Gasteiger partial charge in [-0.2, -0.15) is 0 Å². The Morgan fingerprint density at radius 1 is 1.08 bits per heavy atom. The normalized spacial score (nSPS) is 10.6. The van der Waals surface area contributed by atoms with Crippen molar-refractivity contribution in [2.24, 2.45) is 0 Å². The predicted molar refractivity (Wildman–Crippen MR) is 99.8 cm³/mol. The monoisotopic (exact) mass is 375 g/mol. The molecule has 3 aromatic rings. The van der Waals surface area contributed by atoms with Crippen LogP contribution in [0.1, 0.15) is 0 Å². The van der Waals surface area contributed by atoms with Crippen molar-refractivity contribution >= 4 is 39.3 Å². The Labute approximate surface area is 153 Å². The fourth-order valence-corrected chi connectivity index (χ4v) is 3.93. The number of nitrogens with zero attached hydrogens (tertiary/aromatic N) is 1. The standard InChI is InChI=1S/C18H17NO4S2/c1-21-13-6-8-14(9-7-13)22-10-11-23-17(20)12-24-18-19-15-4-2-3-5-16(15)25-18/h2-9H,10-12H2,1H3. The van der Waals surface area contributed by atoms with Crippen LogP contribution in [0.3, 0.4) is 0 Å². The number of thioether (sulfide) groups is 1. The Morgan fingerprint density at radius 2 is 1.84 bits per heavy atom. The number of fused-ring (bicyclic) bond motifs is 1. The summed E-state index contributed by atoms with van der Waals surface area (Å²) in [6, 6.07) is 15.2. The van der Waals surface area contributed by atoms with Crippen LogP contribution in [0, 0.1) is 0 Å². The zero-order valence-electron chi connectivity index (χ0n) is 13.6. The van der Waals surface area contributed by atoms with E-state index in [0.717, 1.165) is 20.3 Å². The molecule has 0 atom stereocenters. The molecule has 0 N–H and O–H groups in total. The van der Waals surface area contributed by atoms with Crippen molar-refractivity contribution < 1.29 is 19.0 Å². The lowest BCUT2D eigenvalue weighted by molar-refractivity contribution is -0.141. The molecule has 7 heteroatoms. The first-order valence-electron chi connectivity index (χ1n) is 7.65. The van der Waals surface area contributed by atoms with Crippen LogP contribution in [0.5, 0.6) is 11.5 Å².